The van der Waals surface area contributed by atoms with Gasteiger partial charge in [-0.25, -0.2) is 9.78 Å². The number of carbonyl (C=O) groups is 1. The van der Waals surface area contributed by atoms with Crippen molar-refractivity contribution in [1.82, 2.24) is 10.3 Å². The van der Waals surface area contributed by atoms with Crippen LogP contribution in [0.2, 0.25) is 5.02 Å². The Balaban J connectivity index is 1.39. The summed E-state index contributed by atoms with van der Waals surface area (Å²) in [4.78, 5) is 16.8. The first kappa shape index (κ1) is 18.5. The number of hydrogen-bond acceptors (Lipinski definition) is 3. The van der Waals surface area contributed by atoms with Crippen LogP contribution in [0.25, 0.3) is 20.8 Å². The molecule has 4 rings (SSSR count). The van der Waals surface area contributed by atoms with Crippen molar-refractivity contribution in [2.24, 2.45) is 0 Å². The topological polar surface area (TPSA) is 54.0 Å². The van der Waals surface area contributed by atoms with Crippen LogP contribution in [0.4, 0.5) is 10.5 Å². The number of urea groups is 1. The minimum Gasteiger partial charge on any atom is -0.334 e. The van der Waals surface area contributed by atoms with Gasteiger partial charge in [-0.3, -0.25) is 0 Å². The predicted molar refractivity (Wildman–Crippen MR) is 117 cm³/mol. The number of anilines is 1. The summed E-state index contributed by atoms with van der Waals surface area (Å²) in [6.45, 7) is 2.52. The van der Waals surface area contributed by atoms with Crippen LogP contribution < -0.4 is 10.6 Å². The highest BCUT2D eigenvalue weighted by Gasteiger charge is 2.07. The molecule has 0 radical (unpaired) electrons. The lowest BCUT2D eigenvalue weighted by Crippen LogP contribution is -2.28. The highest BCUT2D eigenvalue weighted by Crippen LogP contribution is 2.31. The van der Waals surface area contributed by atoms with Gasteiger partial charge in [-0.1, -0.05) is 29.8 Å². The maximum atomic E-state index is 12.1. The second kappa shape index (κ2) is 8.00. The molecule has 2 amide bonds. The second-order valence-corrected chi connectivity index (χ2v) is 7.97. The molecule has 0 aliphatic rings. The zero-order chi connectivity index (χ0) is 19.5. The minimum absolute atomic E-state index is 0.252. The fourth-order valence-corrected chi connectivity index (χ4v) is 4.01. The van der Waals surface area contributed by atoms with E-state index in [1.165, 1.54) is 10.3 Å². The molecule has 3 aromatic carbocycles. The zero-order valence-electron chi connectivity index (χ0n) is 15.2. The quantitative estimate of drug-likeness (QED) is 0.420. The molecule has 4 aromatic rings. The van der Waals surface area contributed by atoms with Crippen LogP contribution >= 0.6 is 22.9 Å². The molecule has 0 unspecified atom stereocenters. The van der Waals surface area contributed by atoms with Gasteiger partial charge < -0.3 is 10.6 Å². The van der Waals surface area contributed by atoms with Crippen molar-refractivity contribution in [3.63, 3.8) is 0 Å². The number of rotatable bonds is 4. The van der Waals surface area contributed by atoms with Gasteiger partial charge in [-0.05, 0) is 66.6 Å². The molecule has 4 nitrogen and oxygen atoms in total. The highest BCUT2D eigenvalue weighted by atomic mass is 35.5. The first-order valence-corrected chi connectivity index (χ1v) is 10.0. The summed E-state index contributed by atoms with van der Waals surface area (Å²) in [6, 6.07) is 21.1. The molecule has 6 heteroatoms. The van der Waals surface area contributed by atoms with Gasteiger partial charge >= 0.3 is 6.03 Å². The first-order chi connectivity index (χ1) is 13.6. The Morgan fingerprint density at radius 2 is 1.79 bits per heavy atom. The monoisotopic (exact) mass is 407 g/mol. The van der Waals surface area contributed by atoms with E-state index in [1.54, 1.807) is 23.5 Å². The maximum absolute atomic E-state index is 12.1. The van der Waals surface area contributed by atoms with Gasteiger partial charge in [0.25, 0.3) is 0 Å². The SMILES string of the molecule is Cc1ccc2nc(-c3ccc(NC(=O)NCc4ccc(Cl)cc4)cc3)sc2c1. The third-order valence-electron chi connectivity index (χ3n) is 4.30. The van der Waals surface area contributed by atoms with Crippen molar-refractivity contribution in [1.29, 1.82) is 0 Å². The Hall–Kier alpha value is -2.89. The summed E-state index contributed by atoms with van der Waals surface area (Å²) < 4.78 is 1.18. The van der Waals surface area contributed by atoms with E-state index in [1.807, 2.05) is 42.5 Å². The molecule has 1 aromatic heterocycles. The van der Waals surface area contributed by atoms with Crippen molar-refractivity contribution in [2.75, 3.05) is 5.32 Å². The predicted octanol–water partition coefficient (Wildman–Crippen LogP) is 6.25. The van der Waals surface area contributed by atoms with Crippen LogP contribution in [0, 0.1) is 6.92 Å². The minimum atomic E-state index is -0.252. The molecule has 28 heavy (non-hydrogen) atoms. The molecule has 0 atom stereocenters. The standard InChI is InChI=1S/C22H18ClN3OS/c1-14-2-11-19-20(12-14)28-21(26-19)16-5-9-18(10-6-16)25-22(27)24-13-15-3-7-17(23)8-4-15/h2-12H,13H2,1H3,(H2,24,25,27). The van der Waals surface area contributed by atoms with Crippen molar-refractivity contribution in [3.8, 4) is 10.6 Å². The molecule has 0 fully saturated rings. The number of aromatic nitrogens is 1. The Kier molecular flexibility index (Phi) is 5.28. The fourth-order valence-electron chi connectivity index (χ4n) is 2.81. The normalized spacial score (nSPS) is 10.8. The molecule has 0 aliphatic carbocycles. The number of hydrogen-bond donors (Lipinski definition) is 2. The summed E-state index contributed by atoms with van der Waals surface area (Å²) in [5.41, 5.74) is 4.99. The average molecular weight is 408 g/mol. The summed E-state index contributed by atoms with van der Waals surface area (Å²) in [7, 11) is 0. The van der Waals surface area contributed by atoms with E-state index < -0.39 is 0 Å². The Morgan fingerprint density at radius 1 is 1.04 bits per heavy atom. The van der Waals surface area contributed by atoms with Crippen molar-refractivity contribution in [2.45, 2.75) is 13.5 Å². The lowest BCUT2D eigenvalue weighted by Gasteiger charge is -2.08. The van der Waals surface area contributed by atoms with Gasteiger partial charge in [0.05, 0.1) is 10.2 Å². The van der Waals surface area contributed by atoms with Crippen LogP contribution in [0.15, 0.2) is 66.7 Å². The number of nitrogens with one attached hydrogen (secondary N) is 2. The largest absolute Gasteiger partial charge is 0.334 e. The van der Waals surface area contributed by atoms with E-state index in [0.717, 1.165) is 27.3 Å². The molecule has 0 spiro atoms. The van der Waals surface area contributed by atoms with E-state index in [2.05, 4.69) is 29.7 Å². The molecule has 0 bridgehead atoms. The summed E-state index contributed by atoms with van der Waals surface area (Å²) >= 11 is 7.54. The second-order valence-electron chi connectivity index (χ2n) is 6.50. The number of amides is 2. The number of fused-ring (bicyclic) bond motifs is 1. The average Bonchev–Trinajstić information content (AvgIpc) is 3.11. The third kappa shape index (κ3) is 4.32. The van der Waals surface area contributed by atoms with Gasteiger partial charge in [-0.2, -0.15) is 0 Å². The zero-order valence-corrected chi connectivity index (χ0v) is 16.8. The number of nitrogens with zero attached hydrogens (tertiary/aromatic N) is 1. The van der Waals surface area contributed by atoms with Crippen LogP contribution in [-0.2, 0) is 6.54 Å². The molecule has 0 aliphatic heterocycles. The van der Waals surface area contributed by atoms with Crippen molar-refractivity contribution in [3.05, 3.63) is 82.9 Å². The van der Waals surface area contributed by atoms with Gasteiger partial charge in [0, 0.05) is 22.8 Å². The van der Waals surface area contributed by atoms with E-state index in [9.17, 15) is 4.79 Å². The van der Waals surface area contributed by atoms with Crippen LogP contribution in [-0.4, -0.2) is 11.0 Å². The van der Waals surface area contributed by atoms with E-state index in [0.29, 0.717) is 11.6 Å². The molecule has 1 heterocycles. The van der Waals surface area contributed by atoms with Crippen LogP contribution in [0.3, 0.4) is 0 Å². The van der Waals surface area contributed by atoms with E-state index in [4.69, 9.17) is 16.6 Å². The van der Waals surface area contributed by atoms with Gasteiger partial charge in [0.15, 0.2) is 0 Å². The van der Waals surface area contributed by atoms with Crippen LogP contribution in [0.1, 0.15) is 11.1 Å². The van der Waals surface area contributed by atoms with Crippen molar-refractivity contribution < 1.29 is 4.79 Å². The number of aryl methyl sites for hydroxylation is 1. The smallest absolute Gasteiger partial charge is 0.319 e. The van der Waals surface area contributed by atoms with Gasteiger partial charge in [-0.15, -0.1) is 11.3 Å². The Bertz CT molecular complexity index is 1120. The van der Waals surface area contributed by atoms with E-state index >= 15 is 0 Å². The number of carbonyl (C=O) groups excluding carboxylic acids is 1. The summed E-state index contributed by atoms with van der Waals surface area (Å²) in [6.07, 6.45) is 0. The third-order valence-corrected chi connectivity index (χ3v) is 5.62. The lowest BCUT2D eigenvalue weighted by atomic mass is 10.2. The van der Waals surface area contributed by atoms with E-state index in [-0.39, 0.29) is 6.03 Å². The molecule has 2 N–H and O–H groups in total. The number of halogens is 1. The molecule has 0 saturated heterocycles. The Labute approximate surface area is 172 Å². The fraction of sp³-hybridized carbons (Fsp3) is 0.0909. The summed E-state index contributed by atoms with van der Waals surface area (Å²) in [5.74, 6) is 0. The molecule has 140 valence electrons. The number of thiazole rings is 1. The lowest BCUT2D eigenvalue weighted by molar-refractivity contribution is 0.251. The van der Waals surface area contributed by atoms with Crippen molar-refractivity contribution >= 4 is 44.9 Å². The van der Waals surface area contributed by atoms with Crippen LogP contribution in [0.5, 0.6) is 0 Å². The molecule has 0 saturated carbocycles. The molecular weight excluding hydrogens is 390 g/mol. The number of benzene rings is 3. The Morgan fingerprint density at radius 3 is 2.54 bits per heavy atom. The molecular formula is C22H18ClN3OS. The maximum Gasteiger partial charge on any atom is 0.319 e. The van der Waals surface area contributed by atoms with Gasteiger partial charge in [0.1, 0.15) is 5.01 Å². The highest BCUT2D eigenvalue weighted by molar-refractivity contribution is 7.21. The first-order valence-electron chi connectivity index (χ1n) is 8.84. The van der Waals surface area contributed by atoms with Gasteiger partial charge in [0.2, 0.25) is 0 Å². The summed E-state index contributed by atoms with van der Waals surface area (Å²) in [5, 5.41) is 7.32.